The molecule has 1 unspecified atom stereocenters. The Morgan fingerprint density at radius 2 is 1.87 bits per heavy atom. The van der Waals surface area contributed by atoms with Crippen molar-refractivity contribution < 1.29 is 22.7 Å². The molecule has 5 nitrogen and oxygen atoms in total. The number of nitrogens with zero attached hydrogens (tertiary/aromatic N) is 2. The van der Waals surface area contributed by atoms with Gasteiger partial charge in [0, 0.05) is 26.1 Å². The summed E-state index contributed by atoms with van der Waals surface area (Å²) >= 11 is 1.40. The van der Waals surface area contributed by atoms with Gasteiger partial charge in [-0.1, -0.05) is 26.0 Å². The summed E-state index contributed by atoms with van der Waals surface area (Å²) in [5.41, 5.74) is 0.756. The summed E-state index contributed by atoms with van der Waals surface area (Å²) < 4.78 is 44.3. The molecular weight excluding hydrogens is 427 g/mol. The van der Waals surface area contributed by atoms with Crippen molar-refractivity contribution in [3.63, 3.8) is 0 Å². The van der Waals surface area contributed by atoms with Gasteiger partial charge in [0.1, 0.15) is 4.88 Å². The molecule has 1 aromatic heterocycles. The normalized spacial score (nSPS) is 16.5. The number of nitrogens with one attached hydrogen (secondary N) is 1. The van der Waals surface area contributed by atoms with E-state index in [1.165, 1.54) is 23.5 Å². The van der Waals surface area contributed by atoms with Crippen molar-refractivity contribution in [2.75, 3.05) is 32.8 Å². The monoisotopic (exact) mass is 455 g/mol. The van der Waals surface area contributed by atoms with E-state index in [-0.39, 0.29) is 11.9 Å². The molecule has 31 heavy (non-hydrogen) atoms. The first-order valence-corrected chi connectivity index (χ1v) is 11.2. The first kappa shape index (κ1) is 23.7. The highest BCUT2D eigenvalue weighted by atomic mass is 32.1. The molecule has 1 saturated heterocycles. The van der Waals surface area contributed by atoms with Gasteiger partial charge in [-0.15, -0.1) is 11.3 Å². The number of carbonyl (C=O) groups is 1. The summed E-state index contributed by atoms with van der Waals surface area (Å²) in [7, 11) is 0. The third-order valence-electron chi connectivity index (χ3n) is 5.20. The maximum atomic E-state index is 12.9. The molecule has 0 bridgehead atoms. The minimum absolute atomic E-state index is 0.199. The number of aromatic nitrogens is 1. The zero-order chi connectivity index (χ0) is 22.6. The van der Waals surface area contributed by atoms with Crippen LogP contribution in [0.15, 0.2) is 24.3 Å². The van der Waals surface area contributed by atoms with Gasteiger partial charge < -0.3 is 10.1 Å². The number of benzene rings is 1. The highest BCUT2D eigenvalue weighted by molar-refractivity contribution is 7.13. The maximum absolute atomic E-state index is 12.9. The Kier molecular flexibility index (Phi) is 7.72. The second-order valence-corrected chi connectivity index (χ2v) is 9.20. The van der Waals surface area contributed by atoms with E-state index >= 15 is 0 Å². The summed E-state index contributed by atoms with van der Waals surface area (Å²) in [6.07, 6.45) is -3.56. The van der Waals surface area contributed by atoms with E-state index in [0.717, 1.165) is 29.1 Å². The van der Waals surface area contributed by atoms with Crippen molar-refractivity contribution in [3.05, 3.63) is 51.0 Å². The van der Waals surface area contributed by atoms with Crippen LogP contribution in [-0.2, 0) is 17.3 Å². The van der Waals surface area contributed by atoms with Crippen LogP contribution in [0.1, 0.15) is 51.4 Å². The molecule has 0 spiro atoms. The molecule has 1 fully saturated rings. The van der Waals surface area contributed by atoms with Crippen LogP contribution in [-0.4, -0.2) is 48.6 Å². The molecule has 0 aliphatic carbocycles. The van der Waals surface area contributed by atoms with E-state index in [4.69, 9.17) is 4.74 Å². The van der Waals surface area contributed by atoms with Crippen molar-refractivity contribution in [2.45, 2.75) is 39.4 Å². The van der Waals surface area contributed by atoms with Crippen LogP contribution < -0.4 is 5.32 Å². The Balaban J connectivity index is 1.75. The number of amides is 1. The van der Waals surface area contributed by atoms with Crippen molar-refractivity contribution >= 4 is 17.2 Å². The van der Waals surface area contributed by atoms with Crippen molar-refractivity contribution in [3.8, 4) is 0 Å². The predicted octanol–water partition coefficient (Wildman–Crippen LogP) is 4.47. The number of alkyl halides is 3. The molecule has 3 rings (SSSR count). The van der Waals surface area contributed by atoms with Crippen LogP contribution in [0.25, 0.3) is 0 Å². The average molecular weight is 456 g/mol. The Morgan fingerprint density at radius 3 is 2.45 bits per heavy atom. The summed E-state index contributed by atoms with van der Waals surface area (Å²) in [5, 5.41) is 3.91. The third kappa shape index (κ3) is 6.27. The van der Waals surface area contributed by atoms with Crippen LogP contribution in [0.5, 0.6) is 0 Å². The lowest BCUT2D eigenvalue weighted by Crippen LogP contribution is -2.43. The number of hydrogen-bond acceptors (Lipinski definition) is 5. The molecule has 2 aromatic rings. The fourth-order valence-electron chi connectivity index (χ4n) is 3.61. The van der Waals surface area contributed by atoms with Gasteiger partial charge in [-0.05, 0) is 30.5 Å². The molecular formula is C22H28F3N3O2S. The van der Waals surface area contributed by atoms with Crippen molar-refractivity contribution in [1.29, 1.82) is 0 Å². The fraction of sp³-hybridized carbons (Fsp3) is 0.545. The number of hydrogen-bond donors (Lipinski definition) is 1. The minimum atomic E-state index is -4.38. The summed E-state index contributed by atoms with van der Waals surface area (Å²) in [4.78, 5) is 20.1. The lowest BCUT2D eigenvalue weighted by atomic mass is 10.0. The average Bonchev–Trinajstić information content (AvgIpc) is 3.08. The van der Waals surface area contributed by atoms with E-state index in [2.05, 4.69) is 29.0 Å². The van der Waals surface area contributed by atoms with E-state index in [9.17, 15) is 18.0 Å². The SMILES string of the molecule is Cc1nc(CC(C)C)sc1C(=O)NCC(c1ccc(C(F)(F)F)cc1)N1CCOCC1. The molecule has 2 heterocycles. The molecule has 1 aliphatic heterocycles. The van der Waals surface area contributed by atoms with Crippen molar-refractivity contribution in [2.24, 2.45) is 5.92 Å². The highest BCUT2D eigenvalue weighted by Gasteiger charge is 2.31. The number of aryl methyl sites for hydroxylation is 1. The van der Waals surface area contributed by atoms with Gasteiger partial charge in [0.05, 0.1) is 35.5 Å². The second-order valence-electron chi connectivity index (χ2n) is 8.11. The lowest BCUT2D eigenvalue weighted by Gasteiger charge is -2.35. The molecule has 1 N–H and O–H groups in total. The molecule has 170 valence electrons. The number of thiazole rings is 1. The summed E-state index contributed by atoms with van der Waals surface area (Å²) in [5.74, 6) is 0.252. The van der Waals surface area contributed by atoms with E-state index < -0.39 is 11.7 Å². The fourth-order valence-corrected chi connectivity index (χ4v) is 4.80. The number of carbonyl (C=O) groups excluding carboxylic acids is 1. The summed E-state index contributed by atoms with van der Waals surface area (Å²) in [6, 6.07) is 4.94. The molecule has 0 saturated carbocycles. The lowest BCUT2D eigenvalue weighted by molar-refractivity contribution is -0.137. The Hall–Kier alpha value is -1.97. The van der Waals surface area contributed by atoms with Crippen LogP contribution in [0.4, 0.5) is 13.2 Å². The minimum Gasteiger partial charge on any atom is -0.379 e. The third-order valence-corrected chi connectivity index (χ3v) is 6.37. The van der Waals surface area contributed by atoms with Crippen LogP contribution in [0.2, 0.25) is 0 Å². The molecule has 9 heteroatoms. The summed E-state index contributed by atoms with van der Waals surface area (Å²) in [6.45, 7) is 8.74. The van der Waals surface area contributed by atoms with Gasteiger partial charge in [0.15, 0.2) is 0 Å². The van der Waals surface area contributed by atoms with Crippen molar-refractivity contribution in [1.82, 2.24) is 15.2 Å². The first-order valence-electron chi connectivity index (χ1n) is 10.4. The van der Waals surface area contributed by atoms with Gasteiger partial charge in [-0.2, -0.15) is 13.2 Å². The van der Waals surface area contributed by atoms with Gasteiger partial charge >= 0.3 is 6.18 Å². The Bertz CT molecular complexity index is 875. The van der Waals surface area contributed by atoms with Crippen LogP contribution in [0, 0.1) is 12.8 Å². The van der Waals surface area contributed by atoms with Gasteiger partial charge in [-0.25, -0.2) is 4.98 Å². The highest BCUT2D eigenvalue weighted by Crippen LogP contribution is 2.31. The molecule has 1 amide bonds. The second kappa shape index (κ2) is 10.1. The van der Waals surface area contributed by atoms with Gasteiger partial charge in [0.25, 0.3) is 5.91 Å². The molecule has 0 radical (unpaired) electrons. The smallest absolute Gasteiger partial charge is 0.379 e. The number of ether oxygens (including phenoxy) is 1. The maximum Gasteiger partial charge on any atom is 0.416 e. The van der Waals surface area contributed by atoms with Gasteiger partial charge in [0.2, 0.25) is 0 Å². The topological polar surface area (TPSA) is 54.5 Å². The van der Waals surface area contributed by atoms with E-state index in [1.807, 2.05) is 6.92 Å². The van der Waals surface area contributed by atoms with Gasteiger partial charge in [-0.3, -0.25) is 9.69 Å². The number of morpholine rings is 1. The van der Waals surface area contributed by atoms with Crippen LogP contribution >= 0.6 is 11.3 Å². The quantitative estimate of drug-likeness (QED) is 0.669. The predicted molar refractivity (Wildman–Crippen MR) is 114 cm³/mol. The molecule has 1 atom stereocenters. The first-order chi connectivity index (χ1) is 14.6. The van der Waals surface area contributed by atoms with E-state index in [0.29, 0.717) is 49.3 Å². The number of rotatable bonds is 7. The zero-order valence-electron chi connectivity index (χ0n) is 18.0. The largest absolute Gasteiger partial charge is 0.416 e. The Morgan fingerprint density at radius 1 is 1.23 bits per heavy atom. The molecule has 1 aromatic carbocycles. The molecule has 1 aliphatic rings. The number of halogens is 3. The van der Waals surface area contributed by atoms with E-state index in [1.54, 1.807) is 0 Å². The zero-order valence-corrected chi connectivity index (χ0v) is 18.8. The van der Waals surface area contributed by atoms with Crippen LogP contribution in [0.3, 0.4) is 0 Å². The Labute approximate surface area is 184 Å². The standard InChI is InChI=1S/C22H28F3N3O2S/c1-14(2)12-19-27-15(3)20(31-19)21(29)26-13-18(28-8-10-30-11-9-28)16-4-6-17(7-5-16)22(23,24)25/h4-7,14,18H,8-13H2,1-3H3,(H,26,29).